The van der Waals surface area contributed by atoms with E-state index >= 15 is 0 Å². The van der Waals surface area contributed by atoms with Gasteiger partial charge in [0.25, 0.3) is 0 Å². The molecule has 0 aliphatic carbocycles. The molecule has 78 valence electrons. The second kappa shape index (κ2) is 4.16. The first kappa shape index (κ1) is 11.3. The Bertz CT molecular complexity index is 327. The fraction of sp³-hybridized carbons (Fsp3) is 0.375. The summed E-state index contributed by atoms with van der Waals surface area (Å²) in [4.78, 5) is 3.64. The van der Waals surface area contributed by atoms with Gasteiger partial charge in [-0.15, -0.1) is 0 Å². The van der Waals surface area contributed by atoms with Gasteiger partial charge in [-0.2, -0.15) is 13.2 Å². The Morgan fingerprint density at radius 3 is 2.57 bits per heavy atom. The fourth-order valence-corrected chi connectivity index (χ4v) is 1.33. The zero-order chi connectivity index (χ0) is 10.8. The minimum atomic E-state index is -4.38. The number of nitrogens with zero attached hydrogens (tertiary/aromatic N) is 1. The number of hydrogen-bond acceptors (Lipinski definition) is 2. The van der Waals surface area contributed by atoms with Crippen LogP contribution in [0.5, 0.6) is 5.75 Å². The van der Waals surface area contributed by atoms with Gasteiger partial charge < -0.3 is 4.74 Å². The molecular formula is C8H7BrF3NO. The van der Waals surface area contributed by atoms with Crippen LogP contribution < -0.4 is 4.74 Å². The predicted molar refractivity (Wildman–Crippen MR) is 48.4 cm³/mol. The van der Waals surface area contributed by atoms with Crippen molar-refractivity contribution in [1.82, 2.24) is 4.98 Å². The van der Waals surface area contributed by atoms with Gasteiger partial charge in [-0.3, -0.25) is 4.98 Å². The van der Waals surface area contributed by atoms with E-state index < -0.39 is 11.7 Å². The first-order valence-corrected chi connectivity index (χ1v) is 4.77. The molecule has 0 fully saturated rings. The van der Waals surface area contributed by atoms with Gasteiger partial charge in [-0.1, -0.05) is 15.9 Å². The van der Waals surface area contributed by atoms with E-state index in [0.717, 1.165) is 12.3 Å². The molecule has 1 aromatic heterocycles. The zero-order valence-electron chi connectivity index (χ0n) is 7.23. The second-order valence-electron chi connectivity index (χ2n) is 2.50. The molecule has 14 heavy (non-hydrogen) atoms. The van der Waals surface area contributed by atoms with Gasteiger partial charge in [-0.25, -0.2) is 0 Å². The lowest BCUT2D eigenvalue weighted by atomic mass is 10.2. The van der Waals surface area contributed by atoms with E-state index in [2.05, 4.69) is 20.9 Å². The van der Waals surface area contributed by atoms with Crippen molar-refractivity contribution in [3.8, 4) is 5.75 Å². The smallest absolute Gasteiger partial charge is 0.418 e. The van der Waals surface area contributed by atoms with Crippen molar-refractivity contribution >= 4 is 15.9 Å². The highest BCUT2D eigenvalue weighted by atomic mass is 79.9. The molecule has 6 heteroatoms. The maximum absolute atomic E-state index is 12.2. The average Bonchev–Trinajstić information content (AvgIpc) is 2.15. The third kappa shape index (κ3) is 2.37. The van der Waals surface area contributed by atoms with E-state index in [9.17, 15) is 13.2 Å². The topological polar surface area (TPSA) is 22.1 Å². The van der Waals surface area contributed by atoms with Crippen molar-refractivity contribution in [2.24, 2.45) is 0 Å². The summed E-state index contributed by atoms with van der Waals surface area (Å²) in [5.41, 5.74) is -0.362. The van der Waals surface area contributed by atoms with Gasteiger partial charge >= 0.3 is 6.18 Å². The summed E-state index contributed by atoms with van der Waals surface area (Å²) in [6, 6.07) is 0.934. The van der Waals surface area contributed by atoms with Crippen molar-refractivity contribution < 1.29 is 17.9 Å². The molecule has 0 saturated carbocycles. The van der Waals surface area contributed by atoms with E-state index in [1.165, 1.54) is 7.11 Å². The van der Waals surface area contributed by atoms with Crippen LogP contribution in [0.4, 0.5) is 13.2 Å². The Kier molecular flexibility index (Phi) is 3.36. The van der Waals surface area contributed by atoms with E-state index in [1.54, 1.807) is 0 Å². The third-order valence-electron chi connectivity index (χ3n) is 1.60. The molecule has 0 aliphatic heterocycles. The maximum Gasteiger partial charge on any atom is 0.418 e. The molecular weight excluding hydrogens is 263 g/mol. The van der Waals surface area contributed by atoms with Crippen molar-refractivity contribution in [1.29, 1.82) is 0 Å². The van der Waals surface area contributed by atoms with Gasteiger partial charge in [-0.05, 0) is 6.07 Å². The first-order chi connectivity index (χ1) is 6.49. The Hall–Kier alpha value is -0.780. The molecule has 0 N–H and O–H groups in total. The van der Waals surface area contributed by atoms with Crippen LogP contribution in [0.3, 0.4) is 0 Å². The Morgan fingerprint density at radius 2 is 2.14 bits per heavy atom. The zero-order valence-corrected chi connectivity index (χ0v) is 8.82. The largest absolute Gasteiger partial charge is 0.495 e. The summed E-state index contributed by atoms with van der Waals surface area (Å²) in [7, 11) is 1.31. The van der Waals surface area contributed by atoms with Crippen LogP contribution >= 0.6 is 15.9 Å². The van der Waals surface area contributed by atoms with Crippen molar-refractivity contribution in [2.75, 3.05) is 7.11 Å². The molecule has 0 saturated heterocycles. The number of halogens is 4. The van der Waals surface area contributed by atoms with Crippen molar-refractivity contribution in [3.05, 3.63) is 23.5 Å². The normalized spacial score (nSPS) is 11.5. The highest BCUT2D eigenvalue weighted by Gasteiger charge is 2.31. The summed E-state index contributed by atoms with van der Waals surface area (Å²) in [6.07, 6.45) is -3.59. The Labute approximate surface area is 87.2 Å². The number of ether oxygens (including phenoxy) is 1. The number of alkyl halides is 4. The molecule has 2 nitrogen and oxygen atoms in total. The SMILES string of the molecule is COc1cc(C(F)(F)F)cnc1CBr. The van der Waals surface area contributed by atoms with Crippen LogP contribution in [0.15, 0.2) is 12.3 Å². The molecule has 0 spiro atoms. The number of hydrogen-bond donors (Lipinski definition) is 0. The Balaban J connectivity index is 3.14. The third-order valence-corrected chi connectivity index (χ3v) is 2.14. The quantitative estimate of drug-likeness (QED) is 0.771. The standard InChI is InChI=1S/C8H7BrF3NO/c1-14-7-2-5(8(10,11)12)4-13-6(7)3-9/h2,4H,3H2,1H3. The lowest BCUT2D eigenvalue weighted by Crippen LogP contribution is -2.07. The molecule has 0 amide bonds. The van der Waals surface area contributed by atoms with Crippen molar-refractivity contribution in [3.63, 3.8) is 0 Å². The van der Waals surface area contributed by atoms with E-state index in [4.69, 9.17) is 4.74 Å². The van der Waals surface area contributed by atoms with Crippen LogP contribution in [0.1, 0.15) is 11.3 Å². The summed E-state index contributed by atoms with van der Waals surface area (Å²) < 4.78 is 41.5. The Morgan fingerprint density at radius 1 is 1.50 bits per heavy atom. The van der Waals surface area contributed by atoms with Gasteiger partial charge in [0.1, 0.15) is 5.75 Å². The van der Waals surface area contributed by atoms with Crippen molar-refractivity contribution in [2.45, 2.75) is 11.5 Å². The van der Waals surface area contributed by atoms with E-state index in [-0.39, 0.29) is 5.75 Å². The van der Waals surface area contributed by atoms with Crippen LogP contribution in [0.2, 0.25) is 0 Å². The molecule has 0 atom stereocenters. The summed E-state index contributed by atoms with van der Waals surface area (Å²) >= 11 is 3.10. The molecule has 0 bridgehead atoms. The monoisotopic (exact) mass is 269 g/mol. The van der Waals surface area contributed by atoms with Gasteiger partial charge in [0.2, 0.25) is 0 Å². The first-order valence-electron chi connectivity index (χ1n) is 3.65. The molecule has 0 radical (unpaired) electrons. The number of rotatable bonds is 2. The molecule has 1 rings (SSSR count). The van der Waals surface area contributed by atoms with E-state index in [1.807, 2.05) is 0 Å². The van der Waals surface area contributed by atoms with Crippen LogP contribution in [-0.4, -0.2) is 12.1 Å². The minimum absolute atomic E-state index is 0.136. The van der Waals surface area contributed by atoms with Gasteiger partial charge in [0, 0.05) is 11.5 Å². The summed E-state index contributed by atoms with van der Waals surface area (Å²) in [5, 5.41) is 0.355. The molecule has 0 aliphatic rings. The van der Waals surface area contributed by atoms with E-state index in [0.29, 0.717) is 11.0 Å². The lowest BCUT2D eigenvalue weighted by Gasteiger charge is -2.10. The van der Waals surface area contributed by atoms with Gasteiger partial charge in [0.15, 0.2) is 0 Å². The van der Waals surface area contributed by atoms with Crippen LogP contribution in [0.25, 0.3) is 0 Å². The predicted octanol–water partition coefficient (Wildman–Crippen LogP) is 3.00. The second-order valence-corrected chi connectivity index (χ2v) is 3.07. The number of methoxy groups -OCH3 is 1. The average molecular weight is 270 g/mol. The number of pyridine rings is 1. The molecule has 1 heterocycles. The summed E-state index contributed by atoms with van der Waals surface area (Å²) in [6.45, 7) is 0. The fourth-order valence-electron chi connectivity index (χ4n) is 0.905. The number of aromatic nitrogens is 1. The summed E-state index contributed by atoms with van der Waals surface area (Å²) in [5.74, 6) is 0.136. The highest BCUT2D eigenvalue weighted by molar-refractivity contribution is 9.08. The highest BCUT2D eigenvalue weighted by Crippen LogP contribution is 2.32. The lowest BCUT2D eigenvalue weighted by molar-refractivity contribution is -0.137. The van der Waals surface area contributed by atoms with Crippen LogP contribution in [0, 0.1) is 0 Å². The van der Waals surface area contributed by atoms with Gasteiger partial charge in [0.05, 0.1) is 18.4 Å². The minimum Gasteiger partial charge on any atom is -0.495 e. The molecule has 0 aromatic carbocycles. The maximum atomic E-state index is 12.2. The van der Waals surface area contributed by atoms with Crippen LogP contribution in [-0.2, 0) is 11.5 Å². The molecule has 0 unspecified atom stereocenters. The molecule has 1 aromatic rings.